The van der Waals surface area contributed by atoms with Crippen LogP contribution in [0, 0.1) is 19.8 Å². The fraction of sp³-hybridized carbons (Fsp3) is 0.300. The Morgan fingerprint density at radius 2 is 1.96 bits per heavy atom. The Balaban J connectivity index is 1.37. The van der Waals surface area contributed by atoms with Gasteiger partial charge in [0.05, 0.1) is 11.4 Å². The van der Waals surface area contributed by atoms with Crippen LogP contribution in [0.2, 0.25) is 0 Å². The Hall–Kier alpha value is -3.22. The Labute approximate surface area is 157 Å². The minimum absolute atomic E-state index is 0.0872. The quantitative estimate of drug-likeness (QED) is 0.742. The second kappa shape index (κ2) is 6.83. The van der Waals surface area contributed by atoms with Gasteiger partial charge >= 0.3 is 0 Å². The molecule has 1 aliphatic rings. The number of nitrogens with zero attached hydrogens (tertiary/aromatic N) is 4. The Morgan fingerprint density at radius 3 is 2.67 bits per heavy atom. The van der Waals surface area contributed by atoms with Crippen molar-refractivity contribution >= 4 is 5.91 Å². The third-order valence-corrected chi connectivity index (χ3v) is 4.98. The van der Waals surface area contributed by atoms with Crippen LogP contribution in [-0.4, -0.2) is 37.3 Å². The van der Waals surface area contributed by atoms with Gasteiger partial charge in [-0.2, -0.15) is 0 Å². The summed E-state index contributed by atoms with van der Waals surface area (Å²) < 4.78 is 2.11. The maximum atomic E-state index is 12.4. The lowest BCUT2D eigenvalue weighted by Crippen LogP contribution is -2.30. The molecule has 27 heavy (non-hydrogen) atoms. The van der Waals surface area contributed by atoms with E-state index in [1.54, 1.807) is 31.2 Å². The number of aromatic nitrogens is 4. The molecule has 2 N–H and O–H groups in total. The molecule has 1 unspecified atom stereocenters. The number of amides is 1. The van der Waals surface area contributed by atoms with E-state index in [1.807, 2.05) is 19.1 Å². The number of carbonyl (C=O) groups is 1. The Bertz CT molecular complexity index is 994. The molecule has 0 radical (unpaired) electrons. The van der Waals surface area contributed by atoms with Gasteiger partial charge < -0.3 is 15.0 Å². The van der Waals surface area contributed by atoms with Gasteiger partial charge in [-0.05, 0) is 38.1 Å². The van der Waals surface area contributed by atoms with Crippen LogP contribution in [0.3, 0.4) is 0 Å². The van der Waals surface area contributed by atoms with Gasteiger partial charge in [0.1, 0.15) is 17.4 Å². The van der Waals surface area contributed by atoms with Crippen LogP contribution in [-0.2, 0) is 13.0 Å². The van der Waals surface area contributed by atoms with Crippen LogP contribution in [0.15, 0.2) is 36.4 Å². The van der Waals surface area contributed by atoms with Crippen molar-refractivity contribution in [3.63, 3.8) is 0 Å². The second-order valence-corrected chi connectivity index (χ2v) is 6.93. The van der Waals surface area contributed by atoms with E-state index in [1.165, 1.54) is 0 Å². The van der Waals surface area contributed by atoms with Crippen LogP contribution < -0.4 is 5.32 Å². The monoisotopic (exact) mass is 363 g/mol. The number of rotatable bonds is 4. The molecule has 7 nitrogen and oxygen atoms in total. The maximum Gasteiger partial charge on any atom is 0.251 e. The van der Waals surface area contributed by atoms with Crippen LogP contribution in [0.1, 0.15) is 27.7 Å². The minimum Gasteiger partial charge on any atom is -0.506 e. The number of aromatic hydroxyl groups is 1. The van der Waals surface area contributed by atoms with Crippen LogP contribution in [0.5, 0.6) is 5.75 Å². The van der Waals surface area contributed by atoms with E-state index >= 15 is 0 Å². The summed E-state index contributed by atoms with van der Waals surface area (Å²) >= 11 is 0. The zero-order chi connectivity index (χ0) is 19.0. The number of hydrogen-bond donors (Lipinski definition) is 2. The van der Waals surface area contributed by atoms with Crippen molar-refractivity contribution in [2.75, 3.05) is 6.54 Å². The highest BCUT2D eigenvalue weighted by Gasteiger charge is 2.25. The largest absolute Gasteiger partial charge is 0.506 e. The molecule has 0 spiro atoms. The standard InChI is InChI=1S/C20H21N5O2/c1-12-18(26)8-7-17(22-12)15-3-5-16(6-4-15)20(27)21-10-14-9-19-24-23-13(2)25(19)11-14/h3-8,14,26H,9-11H2,1-2H3,(H,21,27). The summed E-state index contributed by atoms with van der Waals surface area (Å²) in [5.41, 5.74) is 2.86. The number of hydrogen-bond acceptors (Lipinski definition) is 5. The molecule has 138 valence electrons. The van der Waals surface area contributed by atoms with Gasteiger partial charge in [0.15, 0.2) is 0 Å². The van der Waals surface area contributed by atoms with Crippen molar-refractivity contribution in [2.24, 2.45) is 5.92 Å². The molecule has 7 heteroatoms. The number of pyridine rings is 1. The van der Waals surface area contributed by atoms with Crippen molar-refractivity contribution in [3.8, 4) is 17.0 Å². The summed E-state index contributed by atoms with van der Waals surface area (Å²) in [4.78, 5) is 16.8. The molecule has 1 aliphatic heterocycles. The van der Waals surface area contributed by atoms with Crippen molar-refractivity contribution < 1.29 is 9.90 Å². The second-order valence-electron chi connectivity index (χ2n) is 6.93. The average Bonchev–Trinajstić information content (AvgIpc) is 3.24. The number of nitrogens with one attached hydrogen (secondary N) is 1. The van der Waals surface area contributed by atoms with Gasteiger partial charge in [-0.15, -0.1) is 10.2 Å². The molecular weight excluding hydrogens is 342 g/mol. The van der Waals surface area contributed by atoms with Crippen LogP contribution in [0.25, 0.3) is 11.3 Å². The summed E-state index contributed by atoms with van der Waals surface area (Å²) in [5, 5.41) is 20.8. The molecule has 1 aromatic carbocycles. The van der Waals surface area contributed by atoms with Crippen LogP contribution in [0.4, 0.5) is 0 Å². The molecule has 1 amide bonds. The number of fused-ring (bicyclic) bond motifs is 1. The van der Waals surface area contributed by atoms with Gasteiger partial charge in [-0.3, -0.25) is 4.79 Å². The zero-order valence-corrected chi connectivity index (χ0v) is 15.3. The summed E-state index contributed by atoms with van der Waals surface area (Å²) in [6.07, 6.45) is 0.839. The smallest absolute Gasteiger partial charge is 0.251 e. The molecule has 0 aliphatic carbocycles. The topological polar surface area (TPSA) is 92.9 Å². The summed E-state index contributed by atoms with van der Waals surface area (Å²) in [6, 6.07) is 10.7. The SMILES string of the molecule is Cc1nc(-c2ccc(C(=O)NCC3Cc4nnc(C)n4C3)cc2)ccc1O. The molecule has 3 aromatic rings. The molecule has 2 aromatic heterocycles. The predicted octanol–water partition coefficient (Wildman–Crippen LogP) is 2.26. The fourth-order valence-electron chi connectivity index (χ4n) is 3.38. The summed E-state index contributed by atoms with van der Waals surface area (Å²) in [6.45, 7) is 5.16. The first kappa shape index (κ1) is 17.2. The highest BCUT2D eigenvalue weighted by atomic mass is 16.3. The van der Waals surface area contributed by atoms with Gasteiger partial charge in [-0.1, -0.05) is 12.1 Å². The Morgan fingerprint density at radius 1 is 1.19 bits per heavy atom. The lowest BCUT2D eigenvalue weighted by atomic mass is 10.1. The predicted molar refractivity (Wildman–Crippen MR) is 100 cm³/mol. The first-order valence-electron chi connectivity index (χ1n) is 8.95. The lowest BCUT2D eigenvalue weighted by molar-refractivity contribution is 0.0947. The maximum absolute atomic E-state index is 12.4. The van der Waals surface area contributed by atoms with E-state index in [4.69, 9.17) is 0 Å². The molecule has 0 saturated carbocycles. The third-order valence-electron chi connectivity index (χ3n) is 4.98. The summed E-state index contributed by atoms with van der Waals surface area (Å²) in [5.74, 6) is 2.35. The van der Waals surface area contributed by atoms with Crippen LogP contribution >= 0.6 is 0 Å². The fourth-order valence-corrected chi connectivity index (χ4v) is 3.38. The van der Waals surface area contributed by atoms with E-state index in [0.29, 0.717) is 23.7 Å². The first-order chi connectivity index (χ1) is 13.0. The van der Waals surface area contributed by atoms with Crippen molar-refractivity contribution in [3.05, 3.63) is 59.3 Å². The van der Waals surface area contributed by atoms with Gasteiger partial charge in [-0.25, -0.2) is 4.98 Å². The third kappa shape index (κ3) is 3.40. The number of benzene rings is 1. The van der Waals surface area contributed by atoms with Gasteiger partial charge in [0.25, 0.3) is 5.91 Å². The average molecular weight is 363 g/mol. The van der Waals surface area contributed by atoms with Crippen molar-refractivity contribution in [2.45, 2.75) is 26.8 Å². The molecule has 1 atom stereocenters. The lowest BCUT2D eigenvalue weighted by Gasteiger charge is -2.11. The highest BCUT2D eigenvalue weighted by Crippen LogP contribution is 2.22. The number of aryl methyl sites for hydroxylation is 2. The normalized spacial score (nSPS) is 15.6. The Kier molecular flexibility index (Phi) is 4.35. The van der Waals surface area contributed by atoms with E-state index in [9.17, 15) is 9.90 Å². The zero-order valence-electron chi connectivity index (χ0n) is 15.3. The first-order valence-corrected chi connectivity index (χ1v) is 8.95. The van der Waals surface area contributed by atoms with Gasteiger partial charge in [0.2, 0.25) is 0 Å². The van der Waals surface area contributed by atoms with E-state index in [-0.39, 0.29) is 11.7 Å². The van der Waals surface area contributed by atoms with Crippen molar-refractivity contribution in [1.82, 2.24) is 25.1 Å². The van der Waals surface area contributed by atoms with E-state index < -0.39 is 0 Å². The molecule has 4 rings (SSSR count). The highest BCUT2D eigenvalue weighted by molar-refractivity contribution is 5.94. The van der Waals surface area contributed by atoms with E-state index in [2.05, 4.69) is 25.1 Å². The molecule has 0 fully saturated rings. The molecule has 3 heterocycles. The molecule has 0 bridgehead atoms. The molecule has 0 saturated heterocycles. The van der Waals surface area contributed by atoms with Crippen molar-refractivity contribution in [1.29, 1.82) is 0 Å². The summed E-state index contributed by atoms with van der Waals surface area (Å²) in [7, 11) is 0. The van der Waals surface area contributed by atoms with Gasteiger partial charge in [0, 0.05) is 36.6 Å². The van der Waals surface area contributed by atoms with E-state index in [0.717, 1.165) is 35.9 Å². The number of carbonyl (C=O) groups excluding carboxylic acids is 1. The molecular formula is C20H21N5O2. The minimum atomic E-state index is -0.0872.